The zero-order valence-corrected chi connectivity index (χ0v) is 13.2. The molecule has 1 aliphatic rings. The number of carbonyl (C=O) groups excluding carboxylic acids is 1. The summed E-state index contributed by atoms with van der Waals surface area (Å²) in [4.78, 5) is 16.1. The Morgan fingerprint density at radius 1 is 1.48 bits per heavy atom. The number of rotatable bonds is 4. The minimum absolute atomic E-state index is 0.122. The van der Waals surface area contributed by atoms with Crippen LogP contribution < -0.4 is 0 Å². The van der Waals surface area contributed by atoms with Crippen molar-refractivity contribution < 1.29 is 4.79 Å². The number of hydrogen-bond acceptors (Lipinski definition) is 4. The molecular weight excluding hydrogens is 284 g/mol. The first-order valence-electron chi connectivity index (χ1n) is 7.09. The van der Waals surface area contributed by atoms with Crippen molar-refractivity contribution in [3.8, 4) is 0 Å². The third-order valence-electron chi connectivity index (χ3n) is 3.85. The average molecular weight is 304 g/mol. The minimum atomic E-state index is 0.122. The van der Waals surface area contributed by atoms with Crippen LogP contribution in [0.4, 0.5) is 0 Å². The largest absolute Gasteiger partial charge is 0.349 e. The first-order chi connectivity index (χ1) is 10.1. The summed E-state index contributed by atoms with van der Waals surface area (Å²) in [5, 5.41) is 8.70. The summed E-state index contributed by atoms with van der Waals surface area (Å²) >= 11 is 1.73. The topological polar surface area (TPSA) is 41.4 Å². The zero-order valence-electron chi connectivity index (χ0n) is 12.4. The number of amides is 1. The van der Waals surface area contributed by atoms with Crippen molar-refractivity contribution in [3.63, 3.8) is 0 Å². The van der Waals surface area contributed by atoms with Crippen molar-refractivity contribution in [1.29, 1.82) is 0 Å². The molecule has 1 amide bonds. The second kappa shape index (κ2) is 5.99. The van der Waals surface area contributed by atoms with Gasteiger partial charge in [0.05, 0.1) is 18.2 Å². The van der Waals surface area contributed by atoms with Crippen LogP contribution in [0.25, 0.3) is 0 Å². The number of hydrogen-bond donors (Lipinski definition) is 0. The van der Waals surface area contributed by atoms with Crippen molar-refractivity contribution in [2.24, 2.45) is 0 Å². The lowest BCUT2D eigenvalue weighted by Crippen LogP contribution is -2.39. The number of carbonyl (C=O) groups is 1. The van der Waals surface area contributed by atoms with Gasteiger partial charge in [0.25, 0.3) is 0 Å². The highest BCUT2D eigenvalue weighted by Gasteiger charge is 2.27. The third-order valence-corrected chi connectivity index (χ3v) is 4.58. The fraction of sp³-hybridized carbons (Fsp3) is 0.467. The molecule has 112 valence electrons. The summed E-state index contributed by atoms with van der Waals surface area (Å²) < 4.78 is 2.02. The quantitative estimate of drug-likeness (QED) is 0.867. The Bertz CT molecular complexity index is 605. The standard InChI is InChI=1S/C15H20N4OS/c1-17(2)15(20)7-14-10-18(8-12-4-6-21-11-12)9-13-3-5-16-19(13)14/h3-6,11,14H,7-10H2,1-2H3. The Balaban J connectivity index is 1.75. The van der Waals surface area contributed by atoms with Gasteiger partial charge < -0.3 is 4.90 Å². The highest BCUT2D eigenvalue weighted by Crippen LogP contribution is 2.25. The molecule has 0 bridgehead atoms. The molecule has 2 aromatic rings. The molecule has 6 heteroatoms. The predicted molar refractivity (Wildman–Crippen MR) is 83.0 cm³/mol. The molecular formula is C15H20N4OS. The van der Waals surface area contributed by atoms with Crippen LogP contribution in [0, 0.1) is 0 Å². The van der Waals surface area contributed by atoms with Crippen LogP contribution in [-0.2, 0) is 17.9 Å². The lowest BCUT2D eigenvalue weighted by molar-refractivity contribution is -0.129. The molecule has 0 aromatic carbocycles. The summed E-state index contributed by atoms with van der Waals surface area (Å²) in [6.07, 6.45) is 2.33. The van der Waals surface area contributed by atoms with Crippen molar-refractivity contribution in [3.05, 3.63) is 40.3 Å². The molecule has 21 heavy (non-hydrogen) atoms. The van der Waals surface area contributed by atoms with Crippen molar-refractivity contribution in [2.45, 2.75) is 25.6 Å². The maximum Gasteiger partial charge on any atom is 0.224 e. The molecule has 0 aliphatic carbocycles. The van der Waals surface area contributed by atoms with Crippen LogP contribution in [0.3, 0.4) is 0 Å². The summed E-state index contributed by atoms with van der Waals surface area (Å²) in [6, 6.07) is 4.33. The molecule has 0 radical (unpaired) electrons. The summed E-state index contributed by atoms with van der Waals surface area (Å²) in [6.45, 7) is 2.69. The van der Waals surface area contributed by atoms with Gasteiger partial charge >= 0.3 is 0 Å². The molecule has 0 fully saturated rings. The molecule has 0 saturated carbocycles. The van der Waals surface area contributed by atoms with Gasteiger partial charge in [0, 0.05) is 39.9 Å². The van der Waals surface area contributed by atoms with Gasteiger partial charge in [0.1, 0.15) is 0 Å². The highest BCUT2D eigenvalue weighted by molar-refractivity contribution is 7.07. The first-order valence-corrected chi connectivity index (χ1v) is 8.03. The monoisotopic (exact) mass is 304 g/mol. The lowest BCUT2D eigenvalue weighted by Gasteiger charge is -2.34. The second-order valence-electron chi connectivity index (χ2n) is 5.71. The molecule has 1 atom stereocenters. The summed E-state index contributed by atoms with van der Waals surface area (Å²) in [5.74, 6) is 0.152. The lowest BCUT2D eigenvalue weighted by atomic mass is 10.1. The number of aromatic nitrogens is 2. The van der Waals surface area contributed by atoms with Gasteiger partial charge in [0.15, 0.2) is 0 Å². The molecule has 1 unspecified atom stereocenters. The Hall–Kier alpha value is -1.66. The second-order valence-corrected chi connectivity index (χ2v) is 6.49. The van der Waals surface area contributed by atoms with E-state index in [1.807, 2.05) is 16.9 Å². The van der Waals surface area contributed by atoms with Crippen molar-refractivity contribution in [1.82, 2.24) is 19.6 Å². The Labute approximate surface area is 128 Å². The number of fused-ring (bicyclic) bond motifs is 1. The molecule has 0 saturated heterocycles. The van der Waals surface area contributed by atoms with Crippen LogP contribution >= 0.6 is 11.3 Å². The van der Waals surface area contributed by atoms with E-state index in [-0.39, 0.29) is 11.9 Å². The molecule has 1 aliphatic heterocycles. The van der Waals surface area contributed by atoms with Gasteiger partial charge in [0.2, 0.25) is 5.91 Å². The Morgan fingerprint density at radius 3 is 3.05 bits per heavy atom. The fourth-order valence-corrected chi connectivity index (χ4v) is 3.42. The van der Waals surface area contributed by atoms with Crippen LogP contribution in [0.5, 0.6) is 0 Å². The van der Waals surface area contributed by atoms with Crippen LogP contribution in [0.1, 0.15) is 23.7 Å². The Morgan fingerprint density at radius 2 is 2.33 bits per heavy atom. The summed E-state index contributed by atoms with van der Waals surface area (Å²) in [5.41, 5.74) is 2.53. The molecule has 2 aromatic heterocycles. The van der Waals surface area contributed by atoms with E-state index in [9.17, 15) is 4.79 Å². The van der Waals surface area contributed by atoms with Crippen molar-refractivity contribution >= 4 is 17.2 Å². The molecule has 3 heterocycles. The van der Waals surface area contributed by atoms with Gasteiger partial charge in [-0.05, 0) is 28.5 Å². The van der Waals surface area contributed by atoms with Gasteiger partial charge in [-0.15, -0.1) is 0 Å². The number of nitrogens with zero attached hydrogens (tertiary/aromatic N) is 4. The smallest absolute Gasteiger partial charge is 0.224 e. The van der Waals surface area contributed by atoms with Gasteiger partial charge in [-0.25, -0.2) is 0 Å². The normalized spacial score (nSPS) is 18.5. The Kier molecular flexibility index (Phi) is 4.07. The predicted octanol–water partition coefficient (Wildman–Crippen LogP) is 1.98. The maximum atomic E-state index is 12.0. The fourth-order valence-electron chi connectivity index (χ4n) is 2.76. The SMILES string of the molecule is CN(C)C(=O)CC1CN(Cc2ccsc2)Cc2ccnn21. The van der Waals surface area contributed by atoms with Crippen LogP contribution in [0.15, 0.2) is 29.1 Å². The molecule has 5 nitrogen and oxygen atoms in total. The maximum absolute atomic E-state index is 12.0. The van der Waals surface area contributed by atoms with Crippen LogP contribution in [0.2, 0.25) is 0 Å². The van der Waals surface area contributed by atoms with Crippen LogP contribution in [-0.4, -0.2) is 46.1 Å². The van der Waals surface area contributed by atoms with E-state index in [2.05, 4.69) is 26.8 Å². The third kappa shape index (κ3) is 3.16. The van der Waals surface area contributed by atoms with E-state index in [1.165, 1.54) is 11.3 Å². The van der Waals surface area contributed by atoms with E-state index in [1.54, 1.807) is 30.3 Å². The van der Waals surface area contributed by atoms with Gasteiger partial charge in [-0.2, -0.15) is 16.4 Å². The van der Waals surface area contributed by atoms with E-state index >= 15 is 0 Å². The van der Waals surface area contributed by atoms with E-state index in [0.29, 0.717) is 6.42 Å². The summed E-state index contributed by atoms with van der Waals surface area (Å²) in [7, 11) is 3.61. The van der Waals surface area contributed by atoms with Gasteiger partial charge in [-0.1, -0.05) is 0 Å². The molecule has 0 spiro atoms. The minimum Gasteiger partial charge on any atom is -0.349 e. The molecule has 3 rings (SSSR count). The number of thiophene rings is 1. The first kappa shape index (κ1) is 14.3. The van der Waals surface area contributed by atoms with Gasteiger partial charge in [-0.3, -0.25) is 14.4 Å². The van der Waals surface area contributed by atoms with E-state index in [0.717, 1.165) is 19.6 Å². The average Bonchev–Trinajstić information content (AvgIpc) is 3.09. The zero-order chi connectivity index (χ0) is 14.8. The molecule has 0 N–H and O–H groups in total. The highest BCUT2D eigenvalue weighted by atomic mass is 32.1. The van der Waals surface area contributed by atoms with E-state index < -0.39 is 0 Å². The van der Waals surface area contributed by atoms with Crippen molar-refractivity contribution in [2.75, 3.05) is 20.6 Å². The van der Waals surface area contributed by atoms with E-state index in [4.69, 9.17) is 0 Å².